The summed E-state index contributed by atoms with van der Waals surface area (Å²) in [5.41, 5.74) is 8.41. The molecule has 1 saturated heterocycles. The number of rotatable bonds is 4. The first-order valence-electron chi connectivity index (χ1n) is 9.83. The molecule has 1 fully saturated rings. The van der Waals surface area contributed by atoms with Gasteiger partial charge in [-0.25, -0.2) is 0 Å². The van der Waals surface area contributed by atoms with E-state index in [-0.39, 0.29) is 17.7 Å². The van der Waals surface area contributed by atoms with E-state index in [4.69, 9.17) is 10.5 Å². The molecule has 4 rings (SSSR count). The molecule has 0 unspecified atom stereocenters. The van der Waals surface area contributed by atoms with Crippen LogP contribution in [0.5, 0.6) is 5.75 Å². The number of benzene rings is 2. The fourth-order valence-corrected chi connectivity index (χ4v) is 4.74. The summed E-state index contributed by atoms with van der Waals surface area (Å²) >= 11 is 0. The Morgan fingerprint density at radius 3 is 2.90 bits per heavy atom. The van der Waals surface area contributed by atoms with Crippen LogP contribution in [0.2, 0.25) is 0 Å². The summed E-state index contributed by atoms with van der Waals surface area (Å²) in [5.74, 6) is 0.575. The number of anilines is 1. The van der Waals surface area contributed by atoms with Gasteiger partial charge in [-0.15, -0.1) is 4.40 Å². The number of likely N-dealkylation sites (tertiary alicyclic amines) is 1. The monoisotopic (exact) mass is 428 g/mol. The number of hydrogen-bond donors (Lipinski definition) is 2. The van der Waals surface area contributed by atoms with Crippen molar-refractivity contribution in [3.05, 3.63) is 59.2 Å². The van der Waals surface area contributed by atoms with E-state index in [0.717, 1.165) is 24.9 Å². The van der Waals surface area contributed by atoms with Crippen LogP contribution in [0.1, 0.15) is 34.3 Å². The number of carbonyl (C=O) groups is 1. The molecule has 2 aliphatic heterocycles. The SMILES string of the molecule is Cc1cccc(C(=O)N2CCC[C@H](COc3cccc4c3C(N)=NS(=O)(=O)N4)C2)c1. The van der Waals surface area contributed by atoms with Gasteiger partial charge in [0.15, 0.2) is 5.84 Å². The van der Waals surface area contributed by atoms with Gasteiger partial charge >= 0.3 is 10.2 Å². The molecule has 0 aliphatic carbocycles. The van der Waals surface area contributed by atoms with Crippen LogP contribution in [-0.4, -0.2) is 44.8 Å². The molecule has 30 heavy (non-hydrogen) atoms. The van der Waals surface area contributed by atoms with Gasteiger partial charge in [0.05, 0.1) is 17.9 Å². The molecule has 0 spiro atoms. The first-order valence-corrected chi connectivity index (χ1v) is 11.3. The number of fused-ring (bicyclic) bond motifs is 1. The zero-order valence-corrected chi connectivity index (χ0v) is 17.5. The highest BCUT2D eigenvalue weighted by molar-refractivity contribution is 7.91. The number of piperidine rings is 1. The van der Waals surface area contributed by atoms with Gasteiger partial charge in [0.25, 0.3) is 5.91 Å². The molecule has 2 aliphatic rings. The minimum Gasteiger partial charge on any atom is -0.492 e. The van der Waals surface area contributed by atoms with Crippen molar-refractivity contribution >= 4 is 27.6 Å². The van der Waals surface area contributed by atoms with E-state index in [9.17, 15) is 13.2 Å². The lowest BCUT2D eigenvalue weighted by Gasteiger charge is -2.33. The Hall–Kier alpha value is -3.07. The number of amidine groups is 1. The number of amides is 1. The molecule has 0 aromatic heterocycles. The van der Waals surface area contributed by atoms with Crippen molar-refractivity contribution in [3.8, 4) is 5.75 Å². The zero-order chi connectivity index (χ0) is 21.3. The van der Waals surface area contributed by atoms with Crippen LogP contribution >= 0.6 is 0 Å². The molecule has 8 nitrogen and oxygen atoms in total. The fourth-order valence-electron chi connectivity index (χ4n) is 3.89. The zero-order valence-electron chi connectivity index (χ0n) is 16.7. The molecule has 2 heterocycles. The summed E-state index contributed by atoms with van der Waals surface area (Å²) in [4.78, 5) is 14.7. The Bertz CT molecular complexity index is 1110. The standard InChI is InChI=1S/C21H24N4O4S/c1-14-5-2-7-16(11-14)21(26)25-10-4-6-15(12-25)13-29-18-9-3-8-17-19(18)20(22)24-30(27,28)23-17/h2-3,5,7-9,11,15,23H,4,6,10,12-13H2,1H3,(H2,22,24)/t15-/m0/s1. The van der Waals surface area contributed by atoms with E-state index in [1.165, 1.54) is 0 Å². The van der Waals surface area contributed by atoms with Gasteiger partial charge in [-0.3, -0.25) is 9.52 Å². The van der Waals surface area contributed by atoms with Crippen molar-refractivity contribution in [1.29, 1.82) is 0 Å². The lowest BCUT2D eigenvalue weighted by Crippen LogP contribution is -2.41. The Kier molecular flexibility index (Phi) is 5.38. The van der Waals surface area contributed by atoms with Gasteiger partial charge in [0.2, 0.25) is 0 Å². The van der Waals surface area contributed by atoms with Crippen LogP contribution in [0, 0.1) is 12.8 Å². The van der Waals surface area contributed by atoms with Crippen LogP contribution in [0.3, 0.4) is 0 Å². The van der Waals surface area contributed by atoms with E-state index < -0.39 is 10.2 Å². The minimum atomic E-state index is -3.83. The number of nitrogens with two attached hydrogens (primary N) is 1. The molecular formula is C21H24N4O4S. The second-order valence-corrected chi connectivity index (χ2v) is 9.01. The van der Waals surface area contributed by atoms with Gasteiger partial charge in [0.1, 0.15) is 5.75 Å². The second kappa shape index (κ2) is 7.98. The molecule has 3 N–H and O–H groups in total. The molecular weight excluding hydrogens is 404 g/mol. The van der Waals surface area contributed by atoms with E-state index in [1.54, 1.807) is 18.2 Å². The third-order valence-electron chi connectivity index (χ3n) is 5.29. The van der Waals surface area contributed by atoms with Crippen molar-refractivity contribution in [1.82, 2.24) is 4.90 Å². The highest BCUT2D eigenvalue weighted by Gasteiger charge is 2.27. The van der Waals surface area contributed by atoms with Crippen LogP contribution in [0.4, 0.5) is 5.69 Å². The summed E-state index contributed by atoms with van der Waals surface area (Å²) in [6, 6.07) is 12.7. The maximum absolute atomic E-state index is 12.9. The summed E-state index contributed by atoms with van der Waals surface area (Å²) in [7, 11) is -3.83. The summed E-state index contributed by atoms with van der Waals surface area (Å²) < 4.78 is 35.3. The van der Waals surface area contributed by atoms with Gasteiger partial charge in [-0.2, -0.15) is 8.42 Å². The summed E-state index contributed by atoms with van der Waals surface area (Å²) in [6.07, 6.45) is 1.85. The average molecular weight is 429 g/mol. The molecule has 158 valence electrons. The van der Waals surface area contributed by atoms with E-state index in [2.05, 4.69) is 9.12 Å². The molecule has 0 saturated carbocycles. The maximum Gasteiger partial charge on any atom is 0.344 e. The Labute approximate surface area is 175 Å². The lowest BCUT2D eigenvalue weighted by atomic mass is 9.98. The summed E-state index contributed by atoms with van der Waals surface area (Å²) in [5, 5.41) is 0. The number of hydrogen-bond acceptors (Lipinski definition) is 5. The average Bonchev–Trinajstić information content (AvgIpc) is 2.70. The Morgan fingerprint density at radius 1 is 1.30 bits per heavy atom. The Balaban J connectivity index is 1.45. The lowest BCUT2D eigenvalue weighted by molar-refractivity contribution is 0.0633. The molecule has 0 bridgehead atoms. The number of aryl methyl sites for hydroxylation is 1. The highest BCUT2D eigenvalue weighted by Crippen LogP contribution is 2.31. The topological polar surface area (TPSA) is 114 Å². The number of ether oxygens (including phenoxy) is 1. The van der Waals surface area contributed by atoms with Crippen molar-refractivity contribution in [2.75, 3.05) is 24.4 Å². The number of nitrogens with one attached hydrogen (secondary N) is 1. The van der Waals surface area contributed by atoms with Gasteiger partial charge < -0.3 is 15.4 Å². The predicted molar refractivity (Wildman–Crippen MR) is 115 cm³/mol. The molecule has 1 atom stereocenters. The van der Waals surface area contributed by atoms with Crippen molar-refractivity contribution in [3.63, 3.8) is 0 Å². The quantitative estimate of drug-likeness (QED) is 0.776. The Morgan fingerprint density at radius 2 is 2.10 bits per heavy atom. The highest BCUT2D eigenvalue weighted by atomic mass is 32.2. The molecule has 2 aromatic carbocycles. The van der Waals surface area contributed by atoms with Gasteiger partial charge in [0, 0.05) is 24.6 Å². The second-order valence-electron chi connectivity index (χ2n) is 7.67. The van der Waals surface area contributed by atoms with Crippen LogP contribution in [0.25, 0.3) is 0 Å². The van der Waals surface area contributed by atoms with E-state index in [0.29, 0.717) is 35.7 Å². The van der Waals surface area contributed by atoms with E-state index >= 15 is 0 Å². The smallest absolute Gasteiger partial charge is 0.344 e. The molecule has 2 aromatic rings. The normalized spacial score (nSPS) is 20.0. The van der Waals surface area contributed by atoms with Crippen molar-refractivity contribution < 1.29 is 17.9 Å². The third-order valence-corrected chi connectivity index (χ3v) is 6.20. The molecule has 0 radical (unpaired) electrons. The van der Waals surface area contributed by atoms with Crippen LogP contribution in [0.15, 0.2) is 46.9 Å². The fraction of sp³-hybridized carbons (Fsp3) is 0.333. The third kappa shape index (κ3) is 4.25. The van der Waals surface area contributed by atoms with Crippen LogP contribution < -0.4 is 15.2 Å². The molecule has 9 heteroatoms. The maximum atomic E-state index is 12.9. The van der Waals surface area contributed by atoms with Crippen molar-refractivity contribution in [2.45, 2.75) is 19.8 Å². The minimum absolute atomic E-state index is 0.0336. The summed E-state index contributed by atoms with van der Waals surface area (Å²) in [6.45, 7) is 3.71. The van der Waals surface area contributed by atoms with Crippen molar-refractivity contribution in [2.24, 2.45) is 16.0 Å². The molecule has 1 amide bonds. The van der Waals surface area contributed by atoms with E-state index in [1.807, 2.05) is 36.1 Å². The largest absolute Gasteiger partial charge is 0.492 e. The van der Waals surface area contributed by atoms with Gasteiger partial charge in [-0.05, 0) is 44.0 Å². The predicted octanol–water partition coefficient (Wildman–Crippen LogP) is 2.30. The number of carbonyl (C=O) groups excluding carboxylic acids is 1. The number of nitrogens with zero attached hydrogens (tertiary/aromatic N) is 2. The first kappa shape index (κ1) is 20.2. The van der Waals surface area contributed by atoms with Gasteiger partial charge in [-0.1, -0.05) is 23.8 Å². The first-order chi connectivity index (χ1) is 14.3. The van der Waals surface area contributed by atoms with Crippen LogP contribution in [-0.2, 0) is 10.2 Å².